The number of nitrogens with one attached hydrogen (secondary N) is 2. The van der Waals surface area contributed by atoms with E-state index in [1.165, 1.54) is 17.8 Å². The number of carbonyl (C=O) groups is 1. The molecule has 1 atom stereocenters. The number of hydrogen-bond donors (Lipinski definition) is 2. The van der Waals surface area contributed by atoms with E-state index in [0.717, 1.165) is 16.7 Å². The first kappa shape index (κ1) is 29.5. The molecule has 10 heteroatoms. The van der Waals surface area contributed by atoms with Gasteiger partial charge in [-0.25, -0.2) is 9.07 Å². The maximum Gasteiger partial charge on any atom is 0.255 e. The number of benzene rings is 4. The summed E-state index contributed by atoms with van der Waals surface area (Å²) in [6.07, 6.45) is 0. The lowest BCUT2D eigenvalue weighted by Crippen LogP contribution is -2.31. The van der Waals surface area contributed by atoms with Gasteiger partial charge < -0.3 is 15.4 Å². The lowest BCUT2D eigenvalue weighted by atomic mass is 9.94. The van der Waals surface area contributed by atoms with E-state index in [4.69, 9.17) is 21.4 Å². The second-order valence-corrected chi connectivity index (χ2v) is 11.7. The summed E-state index contributed by atoms with van der Waals surface area (Å²) in [7, 11) is 0. The van der Waals surface area contributed by atoms with Gasteiger partial charge in [0.15, 0.2) is 0 Å². The maximum absolute atomic E-state index is 14.3. The zero-order valence-corrected chi connectivity index (χ0v) is 25.6. The molecule has 2 N–H and O–H groups in total. The van der Waals surface area contributed by atoms with Crippen LogP contribution in [-0.4, -0.2) is 20.7 Å². The second-order valence-electron chi connectivity index (χ2n) is 10.4. The molecule has 222 valence electrons. The van der Waals surface area contributed by atoms with Crippen molar-refractivity contribution in [2.75, 3.05) is 10.6 Å². The molecule has 5 aromatic rings. The number of fused-ring (bicyclic) bond motifs is 1. The normalized spacial score (nSPS) is 14.1. The van der Waals surface area contributed by atoms with Gasteiger partial charge in [-0.05, 0) is 66.9 Å². The number of halogens is 2. The van der Waals surface area contributed by atoms with Gasteiger partial charge in [0, 0.05) is 27.7 Å². The molecule has 6 rings (SSSR count). The van der Waals surface area contributed by atoms with E-state index in [1.807, 2.05) is 86.6 Å². The summed E-state index contributed by atoms with van der Waals surface area (Å²) in [4.78, 5) is 18.6. The van der Waals surface area contributed by atoms with Gasteiger partial charge in [0.2, 0.25) is 11.1 Å². The Balaban J connectivity index is 1.34. The van der Waals surface area contributed by atoms with Crippen molar-refractivity contribution in [2.45, 2.75) is 37.4 Å². The Morgan fingerprint density at radius 1 is 1.00 bits per heavy atom. The first-order chi connectivity index (χ1) is 21.4. The first-order valence-corrected chi connectivity index (χ1v) is 15.4. The van der Waals surface area contributed by atoms with Crippen LogP contribution in [0.1, 0.15) is 35.2 Å². The Kier molecular flexibility index (Phi) is 8.67. The molecule has 2 heterocycles. The van der Waals surface area contributed by atoms with Crippen LogP contribution < -0.4 is 15.4 Å². The molecule has 0 aliphatic carbocycles. The molecular formula is C34H29ClFN5O2S. The molecule has 4 aromatic carbocycles. The van der Waals surface area contributed by atoms with Crippen molar-refractivity contribution >= 4 is 40.9 Å². The molecule has 0 fully saturated rings. The molecule has 0 saturated heterocycles. The lowest BCUT2D eigenvalue weighted by molar-refractivity contribution is -0.113. The second kappa shape index (κ2) is 13.0. The van der Waals surface area contributed by atoms with E-state index in [-0.39, 0.29) is 18.3 Å². The van der Waals surface area contributed by atoms with Crippen molar-refractivity contribution in [1.82, 2.24) is 14.8 Å². The van der Waals surface area contributed by atoms with Crippen LogP contribution >= 0.6 is 23.4 Å². The Labute approximate surface area is 264 Å². The number of aryl methyl sites for hydroxylation is 1. The minimum Gasteiger partial charge on any atom is -0.489 e. The Morgan fingerprint density at radius 3 is 2.57 bits per heavy atom. The molecule has 1 unspecified atom stereocenters. The summed E-state index contributed by atoms with van der Waals surface area (Å²) in [6, 6.07) is 28.8. The van der Waals surface area contributed by atoms with E-state index in [0.29, 0.717) is 50.2 Å². The third-order valence-electron chi connectivity index (χ3n) is 7.19. The third-order valence-corrected chi connectivity index (χ3v) is 8.45. The highest BCUT2D eigenvalue weighted by atomic mass is 35.5. The van der Waals surface area contributed by atoms with E-state index in [9.17, 15) is 9.18 Å². The van der Waals surface area contributed by atoms with Gasteiger partial charge in [0.05, 0.1) is 5.57 Å². The molecular weight excluding hydrogens is 597 g/mol. The fourth-order valence-electron chi connectivity index (χ4n) is 5.02. The van der Waals surface area contributed by atoms with Crippen molar-refractivity contribution in [3.8, 4) is 5.75 Å². The Bertz CT molecular complexity index is 1870. The molecule has 1 amide bonds. The maximum atomic E-state index is 14.3. The summed E-state index contributed by atoms with van der Waals surface area (Å²) in [5, 5.41) is 12.2. The molecule has 1 aliphatic heterocycles. The number of thioether (sulfide) groups is 1. The predicted octanol–water partition coefficient (Wildman–Crippen LogP) is 8.18. The highest BCUT2D eigenvalue weighted by Gasteiger charge is 2.34. The standard InChI is InChI=1S/C34H29ClFN5O2S/c1-21-9-7-13-26(17-21)38-32(42)30-22(2)37-33-39-34(44-20-25-11-4-6-16-29(25)36)40-41(33)31(30)23-12-8-14-27(18-23)43-19-24-10-3-5-15-28(24)35/h3-18,31H,19-20H2,1-2H3,(H,38,42)(H,37,39,40). The van der Waals surface area contributed by atoms with Crippen LogP contribution in [0.15, 0.2) is 113 Å². The Hall–Kier alpha value is -4.60. The summed E-state index contributed by atoms with van der Waals surface area (Å²) in [5.41, 5.74) is 5.07. The fourth-order valence-corrected chi connectivity index (χ4v) is 6.03. The topological polar surface area (TPSA) is 81.1 Å². The number of aromatic nitrogens is 3. The molecule has 1 aromatic heterocycles. The van der Waals surface area contributed by atoms with E-state index in [2.05, 4.69) is 15.6 Å². The molecule has 1 aliphatic rings. The number of amides is 1. The van der Waals surface area contributed by atoms with Gasteiger partial charge in [0.1, 0.15) is 24.2 Å². The summed E-state index contributed by atoms with van der Waals surface area (Å²) in [5.74, 6) is 0.918. The van der Waals surface area contributed by atoms with Crippen LogP contribution in [0.4, 0.5) is 16.0 Å². The summed E-state index contributed by atoms with van der Waals surface area (Å²) < 4.78 is 22.1. The first-order valence-electron chi connectivity index (χ1n) is 14.0. The number of ether oxygens (including phenoxy) is 1. The summed E-state index contributed by atoms with van der Waals surface area (Å²) in [6.45, 7) is 4.11. The molecule has 0 bridgehead atoms. The lowest BCUT2D eigenvalue weighted by Gasteiger charge is -2.29. The van der Waals surface area contributed by atoms with Crippen LogP contribution in [-0.2, 0) is 17.2 Å². The largest absolute Gasteiger partial charge is 0.489 e. The minimum atomic E-state index is -0.616. The van der Waals surface area contributed by atoms with Gasteiger partial charge in [0.25, 0.3) is 5.91 Å². The van der Waals surface area contributed by atoms with Crippen molar-refractivity contribution in [3.05, 3.63) is 141 Å². The highest BCUT2D eigenvalue weighted by Crippen LogP contribution is 2.38. The van der Waals surface area contributed by atoms with Gasteiger partial charge in [-0.15, -0.1) is 5.10 Å². The zero-order chi connectivity index (χ0) is 30.6. The number of nitrogens with zero attached hydrogens (tertiary/aromatic N) is 3. The quantitative estimate of drug-likeness (QED) is 0.161. The van der Waals surface area contributed by atoms with Gasteiger partial charge in [-0.1, -0.05) is 84.0 Å². The number of rotatable bonds is 9. The van der Waals surface area contributed by atoms with E-state index >= 15 is 0 Å². The van der Waals surface area contributed by atoms with Crippen LogP contribution in [0.2, 0.25) is 5.02 Å². The van der Waals surface area contributed by atoms with E-state index < -0.39 is 6.04 Å². The smallest absolute Gasteiger partial charge is 0.255 e. The molecule has 44 heavy (non-hydrogen) atoms. The third kappa shape index (κ3) is 6.49. The molecule has 0 spiro atoms. The monoisotopic (exact) mass is 625 g/mol. The zero-order valence-electron chi connectivity index (χ0n) is 24.1. The fraction of sp³-hybridized carbons (Fsp3) is 0.147. The highest BCUT2D eigenvalue weighted by molar-refractivity contribution is 7.98. The molecule has 0 saturated carbocycles. The number of anilines is 2. The number of allylic oxidation sites excluding steroid dienone is 1. The average Bonchev–Trinajstić information content (AvgIpc) is 3.42. The van der Waals surface area contributed by atoms with Crippen LogP contribution in [0.5, 0.6) is 5.75 Å². The van der Waals surface area contributed by atoms with Gasteiger partial charge in [-0.3, -0.25) is 4.79 Å². The van der Waals surface area contributed by atoms with Crippen LogP contribution in [0, 0.1) is 12.7 Å². The van der Waals surface area contributed by atoms with Crippen molar-refractivity contribution in [2.24, 2.45) is 0 Å². The SMILES string of the molecule is CC1=C(C(=O)Nc2cccc(C)c2)C(c2cccc(OCc3ccccc3Cl)c2)n2nc(SCc3ccccc3F)nc2N1. The van der Waals surface area contributed by atoms with Crippen molar-refractivity contribution in [3.63, 3.8) is 0 Å². The Morgan fingerprint density at radius 2 is 1.77 bits per heavy atom. The van der Waals surface area contributed by atoms with Gasteiger partial charge in [-0.2, -0.15) is 4.98 Å². The van der Waals surface area contributed by atoms with Crippen LogP contribution in [0.3, 0.4) is 0 Å². The number of hydrogen-bond acceptors (Lipinski definition) is 6. The van der Waals surface area contributed by atoms with Crippen LogP contribution in [0.25, 0.3) is 0 Å². The minimum absolute atomic E-state index is 0.269. The predicted molar refractivity (Wildman–Crippen MR) is 172 cm³/mol. The number of carbonyl (C=O) groups excluding carboxylic acids is 1. The van der Waals surface area contributed by atoms with Crippen molar-refractivity contribution < 1.29 is 13.9 Å². The van der Waals surface area contributed by atoms with Crippen molar-refractivity contribution in [1.29, 1.82) is 0 Å². The van der Waals surface area contributed by atoms with Gasteiger partial charge >= 0.3 is 0 Å². The average molecular weight is 626 g/mol. The van der Waals surface area contributed by atoms with E-state index in [1.54, 1.807) is 22.9 Å². The summed E-state index contributed by atoms with van der Waals surface area (Å²) >= 11 is 7.67. The molecule has 7 nitrogen and oxygen atoms in total. The molecule has 0 radical (unpaired) electrons.